The van der Waals surface area contributed by atoms with Crippen molar-refractivity contribution in [3.63, 3.8) is 0 Å². The van der Waals surface area contributed by atoms with Gasteiger partial charge in [0.15, 0.2) is 5.78 Å². The minimum atomic E-state index is -0.0285. The lowest BCUT2D eigenvalue weighted by Gasteiger charge is -2.20. The van der Waals surface area contributed by atoms with E-state index in [1.165, 1.54) is 0 Å². The fourth-order valence-electron chi connectivity index (χ4n) is 2.94. The molecule has 3 rings (SSSR count). The van der Waals surface area contributed by atoms with E-state index in [1.807, 2.05) is 36.0 Å². The topological polar surface area (TPSA) is 40.5 Å². The smallest absolute Gasteiger partial charge is 0.170 e. The Morgan fingerprint density at radius 3 is 3.00 bits per heavy atom. The summed E-state index contributed by atoms with van der Waals surface area (Å²) >= 11 is 0. The zero-order valence-electron chi connectivity index (χ0n) is 11.9. The maximum absolute atomic E-state index is 12.7. The summed E-state index contributed by atoms with van der Waals surface area (Å²) in [5.41, 5.74) is 1.76. The highest BCUT2D eigenvalue weighted by atomic mass is 16.5. The van der Waals surface area contributed by atoms with Gasteiger partial charge in [0.1, 0.15) is 5.75 Å². The van der Waals surface area contributed by atoms with Gasteiger partial charge in [0, 0.05) is 31.3 Å². The molecule has 1 aromatic carbocycles. The molecule has 0 N–H and O–H groups in total. The first kappa shape index (κ1) is 13.2. The molecule has 0 saturated carbocycles. The molecular formula is C16H19NO3. The Kier molecular flexibility index (Phi) is 3.49. The van der Waals surface area contributed by atoms with Crippen LogP contribution in [0, 0.1) is 5.92 Å². The van der Waals surface area contributed by atoms with Gasteiger partial charge in [0.05, 0.1) is 24.6 Å². The zero-order chi connectivity index (χ0) is 14.1. The van der Waals surface area contributed by atoms with E-state index in [0.717, 1.165) is 41.7 Å². The standard InChI is InChI=1S/C16H19NO3/c1-17-9-12(16(18)11-5-4-8-20-10-11)15-13(17)6-3-7-14(15)19-2/h3,6-7,9,11H,4-5,8,10H2,1-2H3. The lowest BCUT2D eigenvalue weighted by Crippen LogP contribution is -2.25. The summed E-state index contributed by atoms with van der Waals surface area (Å²) in [5, 5.41) is 0.910. The molecule has 0 aliphatic carbocycles. The molecule has 20 heavy (non-hydrogen) atoms. The van der Waals surface area contributed by atoms with Crippen LogP contribution in [0.5, 0.6) is 5.75 Å². The van der Waals surface area contributed by atoms with E-state index in [9.17, 15) is 4.79 Å². The van der Waals surface area contributed by atoms with E-state index in [4.69, 9.17) is 9.47 Å². The molecule has 1 aliphatic heterocycles. The summed E-state index contributed by atoms with van der Waals surface area (Å²) in [7, 11) is 3.59. The van der Waals surface area contributed by atoms with Gasteiger partial charge < -0.3 is 14.0 Å². The van der Waals surface area contributed by atoms with Gasteiger partial charge in [0.2, 0.25) is 0 Å². The molecule has 0 amide bonds. The van der Waals surface area contributed by atoms with Crippen molar-refractivity contribution in [3.05, 3.63) is 30.0 Å². The van der Waals surface area contributed by atoms with Gasteiger partial charge in [-0.25, -0.2) is 0 Å². The Morgan fingerprint density at radius 1 is 1.45 bits per heavy atom. The molecule has 1 unspecified atom stereocenters. The number of hydrogen-bond acceptors (Lipinski definition) is 3. The van der Waals surface area contributed by atoms with Gasteiger partial charge in [-0.15, -0.1) is 0 Å². The van der Waals surface area contributed by atoms with Crippen molar-refractivity contribution in [1.82, 2.24) is 4.57 Å². The molecule has 0 bridgehead atoms. The van der Waals surface area contributed by atoms with Crippen LogP contribution in [0.2, 0.25) is 0 Å². The number of methoxy groups -OCH3 is 1. The monoisotopic (exact) mass is 273 g/mol. The van der Waals surface area contributed by atoms with Crippen molar-refractivity contribution in [3.8, 4) is 5.75 Å². The summed E-state index contributed by atoms with van der Waals surface area (Å²) in [4.78, 5) is 12.7. The molecule has 2 heterocycles. The van der Waals surface area contributed by atoms with Gasteiger partial charge in [-0.2, -0.15) is 0 Å². The number of carbonyl (C=O) groups excluding carboxylic acids is 1. The Hall–Kier alpha value is -1.81. The zero-order valence-corrected chi connectivity index (χ0v) is 11.9. The second kappa shape index (κ2) is 5.29. The summed E-state index contributed by atoms with van der Waals surface area (Å²) in [6.45, 7) is 1.30. The fraction of sp³-hybridized carbons (Fsp3) is 0.438. The van der Waals surface area contributed by atoms with Crippen LogP contribution in [0.25, 0.3) is 10.9 Å². The van der Waals surface area contributed by atoms with E-state index < -0.39 is 0 Å². The van der Waals surface area contributed by atoms with Crippen LogP contribution in [0.3, 0.4) is 0 Å². The van der Waals surface area contributed by atoms with Gasteiger partial charge in [-0.05, 0) is 25.0 Å². The molecule has 2 aromatic rings. The number of nitrogens with zero attached hydrogens (tertiary/aromatic N) is 1. The largest absolute Gasteiger partial charge is 0.496 e. The van der Waals surface area contributed by atoms with Crippen molar-refractivity contribution in [1.29, 1.82) is 0 Å². The first-order valence-electron chi connectivity index (χ1n) is 6.96. The molecule has 1 atom stereocenters. The molecule has 0 spiro atoms. The number of ether oxygens (including phenoxy) is 2. The molecular weight excluding hydrogens is 254 g/mol. The van der Waals surface area contributed by atoms with E-state index in [0.29, 0.717) is 6.61 Å². The first-order chi connectivity index (χ1) is 9.72. The second-order valence-corrected chi connectivity index (χ2v) is 5.29. The number of ketones is 1. The average Bonchev–Trinajstić information content (AvgIpc) is 2.85. The van der Waals surface area contributed by atoms with Gasteiger partial charge >= 0.3 is 0 Å². The highest BCUT2D eigenvalue weighted by Gasteiger charge is 2.26. The SMILES string of the molecule is COc1cccc2c1c(C(=O)C1CCCOC1)cn2C. The second-order valence-electron chi connectivity index (χ2n) is 5.29. The highest BCUT2D eigenvalue weighted by molar-refractivity contribution is 6.11. The van der Waals surface area contributed by atoms with Crippen LogP contribution in [0.15, 0.2) is 24.4 Å². The predicted molar refractivity (Wildman–Crippen MR) is 77.3 cm³/mol. The highest BCUT2D eigenvalue weighted by Crippen LogP contribution is 2.32. The van der Waals surface area contributed by atoms with Crippen molar-refractivity contribution in [2.75, 3.05) is 20.3 Å². The quantitative estimate of drug-likeness (QED) is 0.807. The van der Waals surface area contributed by atoms with Crippen LogP contribution < -0.4 is 4.74 Å². The molecule has 1 aliphatic rings. The van der Waals surface area contributed by atoms with E-state index >= 15 is 0 Å². The molecule has 4 heteroatoms. The lowest BCUT2D eigenvalue weighted by atomic mass is 9.92. The molecule has 1 saturated heterocycles. The third kappa shape index (κ3) is 2.10. The first-order valence-corrected chi connectivity index (χ1v) is 6.96. The van der Waals surface area contributed by atoms with Crippen molar-refractivity contribution >= 4 is 16.7 Å². The molecule has 0 radical (unpaired) electrons. The summed E-state index contributed by atoms with van der Waals surface area (Å²) in [6.07, 6.45) is 3.77. The fourth-order valence-corrected chi connectivity index (χ4v) is 2.94. The van der Waals surface area contributed by atoms with Crippen molar-refractivity contribution in [2.45, 2.75) is 12.8 Å². The van der Waals surface area contributed by atoms with Crippen LogP contribution in [0.4, 0.5) is 0 Å². The number of Topliss-reactive ketones (excluding diaryl/α,β-unsaturated/α-hetero) is 1. The molecule has 106 valence electrons. The van der Waals surface area contributed by atoms with E-state index in [1.54, 1.807) is 7.11 Å². The number of aromatic nitrogens is 1. The number of aryl methyl sites for hydroxylation is 1. The molecule has 4 nitrogen and oxygen atoms in total. The van der Waals surface area contributed by atoms with Gasteiger partial charge in [-0.3, -0.25) is 4.79 Å². The van der Waals surface area contributed by atoms with Gasteiger partial charge in [0.25, 0.3) is 0 Å². The van der Waals surface area contributed by atoms with Crippen LogP contribution in [-0.2, 0) is 11.8 Å². The number of carbonyl (C=O) groups is 1. The lowest BCUT2D eigenvalue weighted by molar-refractivity contribution is 0.0462. The van der Waals surface area contributed by atoms with E-state index in [2.05, 4.69) is 0 Å². The number of rotatable bonds is 3. The molecule has 1 fully saturated rings. The van der Waals surface area contributed by atoms with Crippen molar-refractivity contribution in [2.24, 2.45) is 13.0 Å². The summed E-state index contributed by atoms with van der Waals surface area (Å²) in [6, 6.07) is 5.85. The number of fused-ring (bicyclic) bond motifs is 1. The third-order valence-corrected chi connectivity index (χ3v) is 3.99. The molecule has 1 aromatic heterocycles. The van der Waals surface area contributed by atoms with Gasteiger partial charge in [-0.1, -0.05) is 6.07 Å². The normalized spacial score (nSPS) is 19.2. The van der Waals surface area contributed by atoms with Crippen LogP contribution in [-0.4, -0.2) is 30.7 Å². The average molecular weight is 273 g/mol. The minimum absolute atomic E-state index is 0.0285. The van der Waals surface area contributed by atoms with E-state index in [-0.39, 0.29) is 11.7 Å². The Balaban J connectivity index is 2.08. The summed E-state index contributed by atoms with van der Waals surface area (Å²) < 4.78 is 12.8. The third-order valence-electron chi connectivity index (χ3n) is 3.99. The maximum Gasteiger partial charge on any atom is 0.170 e. The number of benzene rings is 1. The Labute approximate surface area is 118 Å². The minimum Gasteiger partial charge on any atom is -0.496 e. The summed E-state index contributed by atoms with van der Waals surface area (Å²) in [5.74, 6) is 0.891. The Morgan fingerprint density at radius 2 is 2.30 bits per heavy atom. The predicted octanol–water partition coefficient (Wildman–Crippen LogP) is 2.80. The van der Waals surface area contributed by atoms with Crippen LogP contribution in [0.1, 0.15) is 23.2 Å². The van der Waals surface area contributed by atoms with Crippen LogP contribution >= 0.6 is 0 Å². The van der Waals surface area contributed by atoms with Crippen molar-refractivity contribution < 1.29 is 14.3 Å². The Bertz CT molecular complexity index is 638. The maximum atomic E-state index is 12.7. The number of hydrogen-bond donors (Lipinski definition) is 0.